The van der Waals surface area contributed by atoms with Gasteiger partial charge in [-0.3, -0.25) is 18.7 Å². The summed E-state index contributed by atoms with van der Waals surface area (Å²) in [5.41, 5.74) is 1.03. The van der Waals surface area contributed by atoms with E-state index in [2.05, 4.69) is 15.6 Å². The number of aromatic nitrogens is 3. The molecule has 0 atom stereocenters. The average Bonchev–Trinajstić information content (AvgIpc) is 2.85. The molecular formula is C18H25N5O3. The van der Waals surface area contributed by atoms with Gasteiger partial charge in [0.25, 0.3) is 0 Å². The standard InChI is InChI=1S/C18H25N5O3/c1-22-13-8-9-14(21-17(13)23(2)18(22)26)20-16(25)11-10-15(24)19-12-6-4-3-5-7-12/h8-9,12H,3-7,10-11H2,1-2H3,(H,19,24)(H,20,21,25). The first-order chi connectivity index (χ1) is 12.5. The number of hydrogen-bond acceptors (Lipinski definition) is 4. The van der Waals surface area contributed by atoms with Gasteiger partial charge in [0.1, 0.15) is 5.82 Å². The molecule has 2 aromatic rings. The predicted octanol–water partition coefficient (Wildman–Crippen LogP) is 1.44. The summed E-state index contributed by atoms with van der Waals surface area (Å²) in [5, 5.41) is 5.70. The number of carbonyl (C=O) groups is 2. The molecule has 1 fully saturated rings. The summed E-state index contributed by atoms with van der Waals surface area (Å²) in [4.78, 5) is 40.3. The molecule has 0 unspecified atom stereocenters. The molecule has 2 amide bonds. The molecule has 1 aliphatic carbocycles. The van der Waals surface area contributed by atoms with Crippen molar-refractivity contribution in [3.63, 3.8) is 0 Å². The molecule has 0 radical (unpaired) electrons. The largest absolute Gasteiger partial charge is 0.353 e. The van der Waals surface area contributed by atoms with E-state index < -0.39 is 0 Å². The molecule has 2 heterocycles. The predicted molar refractivity (Wildman–Crippen MR) is 98.8 cm³/mol. The van der Waals surface area contributed by atoms with E-state index in [9.17, 15) is 14.4 Å². The van der Waals surface area contributed by atoms with Gasteiger partial charge < -0.3 is 10.6 Å². The van der Waals surface area contributed by atoms with E-state index in [-0.39, 0.29) is 36.4 Å². The zero-order valence-corrected chi connectivity index (χ0v) is 15.2. The third kappa shape index (κ3) is 3.95. The number of anilines is 1. The normalized spacial score (nSPS) is 15.2. The fraction of sp³-hybridized carbons (Fsp3) is 0.556. The Bertz CT molecular complexity index is 877. The summed E-state index contributed by atoms with van der Waals surface area (Å²) >= 11 is 0. The van der Waals surface area contributed by atoms with E-state index >= 15 is 0 Å². The number of amides is 2. The second kappa shape index (κ2) is 7.72. The Morgan fingerprint density at radius 1 is 1.08 bits per heavy atom. The molecule has 0 aromatic carbocycles. The lowest BCUT2D eigenvalue weighted by molar-refractivity contribution is -0.125. The lowest BCUT2D eigenvalue weighted by Gasteiger charge is -2.22. The maximum absolute atomic E-state index is 12.1. The molecule has 0 spiro atoms. The van der Waals surface area contributed by atoms with Crippen LogP contribution in [0.2, 0.25) is 0 Å². The van der Waals surface area contributed by atoms with Crippen LogP contribution in [0.4, 0.5) is 5.82 Å². The molecule has 8 nitrogen and oxygen atoms in total. The van der Waals surface area contributed by atoms with E-state index in [1.165, 1.54) is 15.6 Å². The third-order valence-electron chi connectivity index (χ3n) is 4.92. The number of nitrogens with zero attached hydrogens (tertiary/aromatic N) is 3. The van der Waals surface area contributed by atoms with Gasteiger partial charge in [0.05, 0.1) is 5.52 Å². The Balaban J connectivity index is 1.54. The van der Waals surface area contributed by atoms with Crippen molar-refractivity contribution in [1.82, 2.24) is 19.4 Å². The van der Waals surface area contributed by atoms with E-state index in [4.69, 9.17) is 0 Å². The maximum atomic E-state index is 12.1. The molecule has 2 N–H and O–H groups in total. The minimum Gasteiger partial charge on any atom is -0.353 e. The minimum absolute atomic E-state index is 0.0825. The molecule has 2 aromatic heterocycles. The van der Waals surface area contributed by atoms with Gasteiger partial charge in [-0.1, -0.05) is 19.3 Å². The first-order valence-electron chi connectivity index (χ1n) is 9.07. The average molecular weight is 359 g/mol. The van der Waals surface area contributed by atoms with Gasteiger partial charge in [0, 0.05) is 33.0 Å². The highest BCUT2D eigenvalue weighted by molar-refractivity contribution is 5.93. The molecule has 3 rings (SSSR count). The SMILES string of the molecule is Cn1c(=O)n(C)c2nc(NC(=O)CCC(=O)NC3CCCCC3)ccc21. The summed E-state index contributed by atoms with van der Waals surface area (Å²) in [7, 11) is 3.31. The molecule has 140 valence electrons. The van der Waals surface area contributed by atoms with E-state index in [0.29, 0.717) is 17.0 Å². The summed E-state index contributed by atoms with van der Waals surface area (Å²) in [6, 6.07) is 3.65. The first kappa shape index (κ1) is 18.2. The highest BCUT2D eigenvalue weighted by atomic mass is 16.2. The number of carbonyl (C=O) groups excluding carboxylic acids is 2. The number of rotatable bonds is 5. The van der Waals surface area contributed by atoms with Crippen LogP contribution in [-0.4, -0.2) is 32.0 Å². The number of aryl methyl sites for hydroxylation is 2. The Morgan fingerprint density at radius 3 is 2.50 bits per heavy atom. The summed E-state index contributed by atoms with van der Waals surface area (Å²) < 4.78 is 2.94. The van der Waals surface area contributed by atoms with Crippen LogP contribution < -0.4 is 16.3 Å². The lowest BCUT2D eigenvalue weighted by atomic mass is 9.95. The summed E-state index contributed by atoms with van der Waals surface area (Å²) in [5.74, 6) is 0.0221. The van der Waals surface area contributed by atoms with Gasteiger partial charge in [0.15, 0.2) is 5.65 Å². The Kier molecular flexibility index (Phi) is 5.39. The quantitative estimate of drug-likeness (QED) is 0.844. The molecule has 26 heavy (non-hydrogen) atoms. The van der Waals surface area contributed by atoms with Crippen molar-refractivity contribution in [1.29, 1.82) is 0 Å². The van der Waals surface area contributed by atoms with E-state index in [0.717, 1.165) is 25.7 Å². The third-order valence-corrected chi connectivity index (χ3v) is 4.92. The zero-order chi connectivity index (χ0) is 18.7. The van der Waals surface area contributed by atoms with Crippen LogP contribution in [0.15, 0.2) is 16.9 Å². The van der Waals surface area contributed by atoms with Crippen molar-refractivity contribution >= 4 is 28.8 Å². The van der Waals surface area contributed by atoms with Crippen molar-refractivity contribution in [2.24, 2.45) is 14.1 Å². The highest BCUT2D eigenvalue weighted by Crippen LogP contribution is 2.17. The second-order valence-corrected chi connectivity index (χ2v) is 6.89. The Hall–Kier alpha value is -2.64. The lowest BCUT2D eigenvalue weighted by Crippen LogP contribution is -2.36. The van der Waals surface area contributed by atoms with Crippen molar-refractivity contribution in [2.75, 3.05) is 5.32 Å². The van der Waals surface area contributed by atoms with Crippen molar-refractivity contribution in [2.45, 2.75) is 51.0 Å². The van der Waals surface area contributed by atoms with Crippen LogP contribution >= 0.6 is 0 Å². The van der Waals surface area contributed by atoms with E-state index in [1.807, 2.05) is 0 Å². The van der Waals surface area contributed by atoms with Crippen LogP contribution in [0.1, 0.15) is 44.9 Å². The summed E-state index contributed by atoms with van der Waals surface area (Å²) in [6.45, 7) is 0. The van der Waals surface area contributed by atoms with E-state index in [1.54, 1.807) is 26.2 Å². The molecule has 0 aliphatic heterocycles. The monoisotopic (exact) mass is 359 g/mol. The van der Waals surface area contributed by atoms with Gasteiger partial charge >= 0.3 is 5.69 Å². The topological polar surface area (TPSA) is 98.0 Å². The van der Waals surface area contributed by atoms with Crippen molar-refractivity contribution < 1.29 is 9.59 Å². The molecule has 1 aliphatic rings. The second-order valence-electron chi connectivity index (χ2n) is 6.89. The molecule has 8 heteroatoms. The smallest absolute Gasteiger partial charge is 0.329 e. The zero-order valence-electron chi connectivity index (χ0n) is 15.2. The van der Waals surface area contributed by atoms with Crippen LogP contribution in [0.5, 0.6) is 0 Å². The van der Waals surface area contributed by atoms with Crippen LogP contribution in [-0.2, 0) is 23.7 Å². The molecule has 0 bridgehead atoms. The van der Waals surface area contributed by atoms with Crippen molar-refractivity contribution in [3.8, 4) is 0 Å². The van der Waals surface area contributed by atoms with Crippen LogP contribution in [0, 0.1) is 0 Å². The molecular weight excluding hydrogens is 334 g/mol. The van der Waals surface area contributed by atoms with Gasteiger partial charge in [-0.25, -0.2) is 9.78 Å². The van der Waals surface area contributed by atoms with Gasteiger partial charge in [-0.05, 0) is 25.0 Å². The van der Waals surface area contributed by atoms with Crippen LogP contribution in [0.3, 0.4) is 0 Å². The highest BCUT2D eigenvalue weighted by Gasteiger charge is 2.16. The van der Waals surface area contributed by atoms with Gasteiger partial charge in [0.2, 0.25) is 11.8 Å². The number of nitrogens with one attached hydrogen (secondary N) is 2. The first-order valence-corrected chi connectivity index (χ1v) is 9.07. The number of pyridine rings is 1. The van der Waals surface area contributed by atoms with Gasteiger partial charge in [-0.15, -0.1) is 0 Å². The van der Waals surface area contributed by atoms with Crippen molar-refractivity contribution in [3.05, 3.63) is 22.6 Å². The fourth-order valence-corrected chi connectivity index (χ4v) is 3.42. The number of fused-ring (bicyclic) bond motifs is 1. The molecule has 1 saturated carbocycles. The number of hydrogen-bond donors (Lipinski definition) is 2. The summed E-state index contributed by atoms with van der Waals surface area (Å²) in [6.07, 6.45) is 5.86. The Labute approximate surface area is 151 Å². The Morgan fingerprint density at radius 2 is 1.77 bits per heavy atom. The van der Waals surface area contributed by atoms with Crippen LogP contribution in [0.25, 0.3) is 11.2 Å². The maximum Gasteiger partial charge on any atom is 0.329 e. The minimum atomic E-state index is -0.267. The molecule has 0 saturated heterocycles. The fourth-order valence-electron chi connectivity index (χ4n) is 3.42. The number of imidazole rings is 1. The van der Waals surface area contributed by atoms with Gasteiger partial charge in [-0.2, -0.15) is 0 Å².